The minimum atomic E-state index is -3.16. The van der Waals surface area contributed by atoms with E-state index in [0.717, 1.165) is 38.0 Å². The first-order chi connectivity index (χ1) is 13.0. The molecule has 0 saturated carbocycles. The Labute approximate surface area is 167 Å². The average Bonchev–Trinajstić information content (AvgIpc) is 3.08. The van der Waals surface area contributed by atoms with E-state index >= 15 is 0 Å². The molecule has 2 saturated heterocycles. The third-order valence-electron chi connectivity index (χ3n) is 5.60. The number of sulfonamides is 1. The fourth-order valence-electron chi connectivity index (χ4n) is 3.98. The van der Waals surface area contributed by atoms with E-state index in [1.54, 1.807) is 4.31 Å². The fraction of sp³-hybridized carbons (Fsp3) is 0.650. The predicted octanol–water partition coefficient (Wildman–Crippen LogP) is 3.12. The Morgan fingerprint density at radius 2 is 1.85 bits per heavy atom. The zero-order valence-electron chi connectivity index (χ0n) is 16.1. The smallest absolute Gasteiger partial charge is 0.224 e. The van der Waals surface area contributed by atoms with E-state index in [2.05, 4.69) is 12.1 Å². The molecule has 5 nitrogen and oxygen atoms in total. The summed E-state index contributed by atoms with van der Waals surface area (Å²) in [5.41, 5.74) is 1.18. The van der Waals surface area contributed by atoms with Crippen LogP contribution in [0.25, 0.3) is 0 Å². The van der Waals surface area contributed by atoms with Gasteiger partial charge in [-0.3, -0.25) is 4.79 Å². The molecule has 1 spiro atoms. The van der Waals surface area contributed by atoms with Gasteiger partial charge in [-0.25, -0.2) is 12.7 Å². The Morgan fingerprint density at radius 3 is 2.52 bits per heavy atom. The molecule has 3 rings (SSSR count). The standard InChI is InChI=1S/C20H30N2O3S2/c1-2-3-17-27(24,25)21-13-11-20(12-14-21)22(15-16-26-20)19(23)10-9-18-7-5-4-6-8-18/h4-8H,2-3,9-17H2,1H3. The van der Waals surface area contributed by atoms with Crippen molar-refractivity contribution in [2.45, 2.75) is 50.3 Å². The van der Waals surface area contributed by atoms with Crippen molar-refractivity contribution in [3.05, 3.63) is 35.9 Å². The van der Waals surface area contributed by atoms with E-state index in [1.165, 1.54) is 5.56 Å². The van der Waals surface area contributed by atoms with Gasteiger partial charge in [0.2, 0.25) is 15.9 Å². The lowest BCUT2D eigenvalue weighted by molar-refractivity contribution is -0.134. The Morgan fingerprint density at radius 1 is 1.15 bits per heavy atom. The summed E-state index contributed by atoms with van der Waals surface area (Å²) in [6.45, 7) is 3.85. The third kappa shape index (κ3) is 4.87. The minimum absolute atomic E-state index is 0.200. The number of rotatable bonds is 7. The molecule has 0 N–H and O–H groups in total. The van der Waals surface area contributed by atoms with Crippen LogP contribution in [0.1, 0.15) is 44.6 Å². The normalized spacial score (nSPS) is 20.3. The number of thioether (sulfide) groups is 1. The highest BCUT2D eigenvalue weighted by molar-refractivity contribution is 8.00. The third-order valence-corrected chi connectivity index (χ3v) is 9.11. The Hall–Kier alpha value is -1.05. The van der Waals surface area contributed by atoms with Gasteiger partial charge in [-0.15, -0.1) is 11.8 Å². The summed E-state index contributed by atoms with van der Waals surface area (Å²) in [4.78, 5) is 14.7. The van der Waals surface area contributed by atoms with Gasteiger partial charge in [-0.2, -0.15) is 0 Å². The number of hydrogen-bond acceptors (Lipinski definition) is 4. The van der Waals surface area contributed by atoms with Crippen LogP contribution in [0.5, 0.6) is 0 Å². The maximum absolute atomic E-state index is 12.9. The fourth-order valence-corrected chi connectivity index (χ4v) is 7.10. The molecule has 7 heteroatoms. The molecule has 2 fully saturated rings. The second-order valence-corrected chi connectivity index (χ2v) is 10.9. The first-order valence-corrected chi connectivity index (χ1v) is 12.5. The molecule has 0 bridgehead atoms. The molecule has 0 atom stereocenters. The first kappa shape index (κ1) is 20.7. The van der Waals surface area contributed by atoms with Crippen molar-refractivity contribution < 1.29 is 13.2 Å². The molecular formula is C20H30N2O3S2. The lowest BCUT2D eigenvalue weighted by Crippen LogP contribution is -2.53. The van der Waals surface area contributed by atoms with Gasteiger partial charge in [0.05, 0.1) is 10.6 Å². The number of amides is 1. The Balaban J connectivity index is 1.58. The molecule has 1 aromatic rings. The number of carbonyl (C=O) groups is 1. The Kier molecular flexibility index (Phi) is 6.87. The molecule has 27 heavy (non-hydrogen) atoms. The van der Waals surface area contributed by atoms with E-state index in [1.807, 2.05) is 41.8 Å². The summed E-state index contributed by atoms with van der Waals surface area (Å²) < 4.78 is 26.6. The van der Waals surface area contributed by atoms with E-state index < -0.39 is 10.0 Å². The van der Waals surface area contributed by atoms with Crippen LogP contribution >= 0.6 is 11.8 Å². The molecule has 2 heterocycles. The van der Waals surface area contributed by atoms with Crippen LogP contribution in [0.2, 0.25) is 0 Å². The van der Waals surface area contributed by atoms with Gasteiger partial charge in [-0.05, 0) is 31.2 Å². The highest BCUT2D eigenvalue weighted by Gasteiger charge is 2.47. The molecule has 1 aromatic carbocycles. The summed E-state index contributed by atoms with van der Waals surface area (Å²) in [6.07, 6.45) is 4.35. The van der Waals surface area contributed by atoms with Gasteiger partial charge in [0.15, 0.2) is 0 Å². The van der Waals surface area contributed by atoms with Crippen LogP contribution in [0, 0.1) is 0 Å². The van der Waals surface area contributed by atoms with E-state index in [-0.39, 0.29) is 16.5 Å². The van der Waals surface area contributed by atoms with Crippen LogP contribution in [-0.4, -0.2) is 59.5 Å². The van der Waals surface area contributed by atoms with Crippen LogP contribution in [0.3, 0.4) is 0 Å². The highest BCUT2D eigenvalue weighted by atomic mass is 32.2. The van der Waals surface area contributed by atoms with Gasteiger partial charge in [-0.1, -0.05) is 43.7 Å². The molecule has 0 aromatic heterocycles. The minimum Gasteiger partial charge on any atom is -0.327 e. The molecule has 2 aliphatic heterocycles. The second kappa shape index (κ2) is 8.97. The summed E-state index contributed by atoms with van der Waals surface area (Å²) in [6, 6.07) is 10.1. The van der Waals surface area contributed by atoms with Gasteiger partial charge in [0.25, 0.3) is 0 Å². The quantitative estimate of drug-likeness (QED) is 0.693. The lowest BCUT2D eigenvalue weighted by Gasteiger charge is -2.43. The van der Waals surface area contributed by atoms with Crippen molar-refractivity contribution in [3.63, 3.8) is 0 Å². The molecule has 0 unspecified atom stereocenters. The number of hydrogen-bond donors (Lipinski definition) is 0. The number of carbonyl (C=O) groups excluding carboxylic acids is 1. The molecule has 1 amide bonds. The van der Waals surface area contributed by atoms with Crippen molar-refractivity contribution in [1.82, 2.24) is 9.21 Å². The second-order valence-electron chi connectivity index (χ2n) is 7.39. The predicted molar refractivity (Wildman–Crippen MR) is 111 cm³/mol. The van der Waals surface area contributed by atoms with Crippen LogP contribution < -0.4 is 0 Å². The number of unbranched alkanes of at least 4 members (excludes halogenated alkanes) is 1. The molecule has 150 valence electrons. The van der Waals surface area contributed by atoms with Crippen molar-refractivity contribution in [1.29, 1.82) is 0 Å². The number of nitrogens with zero attached hydrogens (tertiary/aromatic N) is 2. The average molecular weight is 411 g/mol. The molecular weight excluding hydrogens is 380 g/mol. The maximum Gasteiger partial charge on any atom is 0.224 e. The van der Waals surface area contributed by atoms with Gasteiger partial charge in [0, 0.05) is 31.8 Å². The molecule has 0 radical (unpaired) electrons. The van der Waals surface area contributed by atoms with Crippen LogP contribution in [0.15, 0.2) is 30.3 Å². The zero-order chi connectivity index (χ0) is 19.3. The number of aryl methyl sites for hydroxylation is 1. The summed E-state index contributed by atoms with van der Waals surface area (Å²) in [5, 5.41) is 0. The van der Waals surface area contributed by atoms with Gasteiger partial charge < -0.3 is 4.90 Å². The lowest BCUT2D eigenvalue weighted by atomic mass is 10.0. The van der Waals surface area contributed by atoms with Crippen molar-refractivity contribution in [2.24, 2.45) is 0 Å². The SMILES string of the molecule is CCCCS(=O)(=O)N1CCC2(CC1)SCCN2C(=O)CCc1ccccc1. The van der Waals surface area contributed by atoms with Gasteiger partial charge >= 0.3 is 0 Å². The number of benzene rings is 1. The summed E-state index contributed by atoms with van der Waals surface area (Å²) in [7, 11) is -3.16. The summed E-state index contributed by atoms with van der Waals surface area (Å²) >= 11 is 1.84. The van der Waals surface area contributed by atoms with Gasteiger partial charge in [0.1, 0.15) is 0 Å². The molecule has 2 aliphatic rings. The van der Waals surface area contributed by atoms with Crippen molar-refractivity contribution in [2.75, 3.05) is 31.1 Å². The topological polar surface area (TPSA) is 57.7 Å². The number of piperidine rings is 1. The van der Waals surface area contributed by atoms with E-state index in [0.29, 0.717) is 25.9 Å². The Bertz CT molecular complexity index is 729. The first-order valence-electron chi connectivity index (χ1n) is 9.93. The van der Waals surface area contributed by atoms with Crippen molar-refractivity contribution in [3.8, 4) is 0 Å². The zero-order valence-corrected chi connectivity index (χ0v) is 17.7. The largest absolute Gasteiger partial charge is 0.327 e. The van der Waals surface area contributed by atoms with E-state index in [9.17, 15) is 13.2 Å². The van der Waals surface area contributed by atoms with Crippen molar-refractivity contribution >= 4 is 27.7 Å². The molecule has 0 aliphatic carbocycles. The maximum atomic E-state index is 12.9. The van der Waals surface area contributed by atoms with Crippen LogP contribution in [-0.2, 0) is 21.2 Å². The van der Waals surface area contributed by atoms with Crippen LogP contribution in [0.4, 0.5) is 0 Å². The van der Waals surface area contributed by atoms with E-state index in [4.69, 9.17) is 0 Å². The highest BCUT2D eigenvalue weighted by Crippen LogP contribution is 2.44. The monoisotopic (exact) mass is 410 g/mol. The summed E-state index contributed by atoms with van der Waals surface area (Å²) in [5.74, 6) is 1.38.